The van der Waals surface area contributed by atoms with Crippen molar-refractivity contribution in [2.75, 3.05) is 5.73 Å². The fraction of sp³-hybridized carbons (Fsp3) is 0.100. The average molecular weight is 390 g/mol. The van der Waals surface area contributed by atoms with Gasteiger partial charge in [-0.3, -0.25) is 10.0 Å². The monoisotopic (exact) mass is 390 g/mol. The number of hydrogen-bond donors (Lipinski definition) is 3. The number of anilines is 1. The van der Waals surface area contributed by atoms with Gasteiger partial charge in [-0.15, -0.1) is 0 Å². The molecule has 0 aliphatic rings. The van der Waals surface area contributed by atoms with Gasteiger partial charge in [-0.2, -0.15) is 5.10 Å². The molecule has 0 unspecified atom stereocenters. The number of carbonyl (C=O) groups excluding carboxylic acids is 1. The lowest BCUT2D eigenvalue weighted by molar-refractivity contribution is -0.129. The molecule has 0 radical (unpaired) electrons. The molecule has 0 saturated carbocycles. The maximum absolute atomic E-state index is 11.4. The number of nitrogens with one attached hydrogen (secondary N) is 1. The van der Waals surface area contributed by atoms with Crippen LogP contribution in [0.3, 0.4) is 0 Å². The van der Waals surface area contributed by atoms with E-state index in [2.05, 4.69) is 15.1 Å². The van der Waals surface area contributed by atoms with Crippen molar-refractivity contribution in [3.05, 3.63) is 60.9 Å². The first-order valence-corrected chi connectivity index (χ1v) is 8.89. The third-order valence-electron chi connectivity index (χ3n) is 4.34. The summed E-state index contributed by atoms with van der Waals surface area (Å²) in [7, 11) is 0. The Kier molecular flexibility index (Phi) is 5.04. The maximum atomic E-state index is 11.4. The first-order valence-electron chi connectivity index (χ1n) is 8.89. The van der Waals surface area contributed by atoms with Gasteiger partial charge < -0.3 is 10.5 Å². The number of ether oxygens (including phenoxy) is 1. The largest absolute Gasteiger partial charge is 0.457 e. The molecule has 4 N–H and O–H groups in total. The van der Waals surface area contributed by atoms with Crippen molar-refractivity contribution in [1.29, 1.82) is 0 Å². The molecule has 0 atom stereocenters. The van der Waals surface area contributed by atoms with Crippen molar-refractivity contribution >= 4 is 22.8 Å². The standard InChI is InChI=1S/C20H18N6O3/c21-19-17-18(24-26(11-10-16(27)25-28)20(17)23-12-22-19)13-6-8-15(9-7-13)29-14-4-2-1-3-5-14/h1-9,12,28H,10-11H2,(H,25,27)(H2,21,22,23). The Balaban J connectivity index is 1.67. The van der Waals surface area contributed by atoms with Gasteiger partial charge in [0.05, 0.1) is 11.9 Å². The lowest BCUT2D eigenvalue weighted by Crippen LogP contribution is -2.20. The Labute approximate surface area is 165 Å². The quantitative estimate of drug-likeness (QED) is 0.341. The number of rotatable bonds is 6. The fourth-order valence-corrected chi connectivity index (χ4v) is 2.96. The second kappa shape index (κ2) is 7.95. The van der Waals surface area contributed by atoms with E-state index in [1.54, 1.807) is 10.2 Å². The number of aryl methyl sites for hydroxylation is 1. The summed E-state index contributed by atoms with van der Waals surface area (Å²) in [5.74, 6) is 1.22. The number of nitrogen functional groups attached to an aromatic ring is 1. The van der Waals surface area contributed by atoms with Gasteiger partial charge in [0, 0.05) is 12.0 Å². The molecule has 0 fully saturated rings. The van der Waals surface area contributed by atoms with Crippen LogP contribution in [0.4, 0.5) is 5.82 Å². The zero-order valence-corrected chi connectivity index (χ0v) is 15.3. The maximum Gasteiger partial charge on any atom is 0.245 e. The van der Waals surface area contributed by atoms with Crippen molar-refractivity contribution in [1.82, 2.24) is 25.2 Å². The lowest BCUT2D eigenvalue weighted by atomic mass is 10.1. The number of benzene rings is 2. The normalized spacial score (nSPS) is 10.8. The zero-order chi connectivity index (χ0) is 20.2. The summed E-state index contributed by atoms with van der Waals surface area (Å²) in [6, 6.07) is 16.9. The number of carbonyl (C=O) groups is 1. The van der Waals surface area contributed by atoms with E-state index in [0.717, 1.165) is 11.3 Å². The predicted molar refractivity (Wildman–Crippen MR) is 106 cm³/mol. The van der Waals surface area contributed by atoms with E-state index in [4.69, 9.17) is 15.7 Å². The van der Waals surface area contributed by atoms with Crippen molar-refractivity contribution in [3.8, 4) is 22.8 Å². The van der Waals surface area contributed by atoms with Crippen molar-refractivity contribution < 1.29 is 14.7 Å². The highest BCUT2D eigenvalue weighted by molar-refractivity contribution is 5.98. The first kappa shape index (κ1) is 18.4. The molecule has 1 amide bonds. The number of nitrogens with two attached hydrogens (primary N) is 1. The molecule has 4 aromatic rings. The van der Waals surface area contributed by atoms with Gasteiger partial charge in [-0.05, 0) is 36.4 Å². The van der Waals surface area contributed by atoms with Crippen LogP contribution in [-0.2, 0) is 11.3 Å². The van der Waals surface area contributed by atoms with E-state index in [-0.39, 0.29) is 13.0 Å². The van der Waals surface area contributed by atoms with Crippen LogP contribution in [0, 0.1) is 0 Å². The molecule has 2 aromatic carbocycles. The Morgan fingerprint density at radius 1 is 1.07 bits per heavy atom. The lowest BCUT2D eigenvalue weighted by Gasteiger charge is -2.06. The molecule has 0 aliphatic carbocycles. The summed E-state index contributed by atoms with van der Waals surface area (Å²) in [5, 5.41) is 13.9. The van der Waals surface area contributed by atoms with E-state index in [1.165, 1.54) is 6.33 Å². The van der Waals surface area contributed by atoms with E-state index < -0.39 is 5.91 Å². The summed E-state index contributed by atoms with van der Waals surface area (Å²) >= 11 is 0. The number of hydrogen-bond acceptors (Lipinski definition) is 7. The molecule has 9 heteroatoms. The molecule has 4 rings (SSSR count). The Morgan fingerprint density at radius 2 is 1.79 bits per heavy atom. The van der Waals surface area contributed by atoms with Gasteiger partial charge in [0.1, 0.15) is 29.3 Å². The molecular formula is C20H18N6O3. The molecule has 2 heterocycles. The molecule has 2 aromatic heterocycles. The van der Waals surface area contributed by atoms with Gasteiger partial charge in [0.2, 0.25) is 5.91 Å². The summed E-state index contributed by atoms with van der Waals surface area (Å²) in [6.07, 6.45) is 1.39. The Morgan fingerprint density at radius 3 is 2.52 bits per heavy atom. The van der Waals surface area contributed by atoms with Gasteiger partial charge in [-0.25, -0.2) is 20.1 Å². The number of nitrogens with zero attached hydrogens (tertiary/aromatic N) is 4. The molecule has 0 aliphatic heterocycles. The van der Waals surface area contributed by atoms with Crippen LogP contribution in [-0.4, -0.2) is 30.9 Å². The number of fused-ring (bicyclic) bond motifs is 1. The highest BCUT2D eigenvalue weighted by Crippen LogP contribution is 2.32. The third-order valence-corrected chi connectivity index (χ3v) is 4.34. The number of aromatic nitrogens is 4. The van der Waals surface area contributed by atoms with Gasteiger partial charge in [-0.1, -0.05) is 18.2 Å². The minimum Gasteiger partial charge on any atom is -0.457 e. The highest BCUT2D eigenvalue weighted by Gasteiger charge is 2.17. The van der Waals surface area contributed by atoms with E-state index in [1.807, 2.05) is 54.6 Å². The molecular weight excluding hydrogens is 372 g/mol. The van der Waals surface area contributed by atoms with Crippen LogP contribution >= 0.6 is 0 Å². The van der Waals surface area contributed by atoms with Crippen molar-refractivity contribution in [3.63, 3.8) is 0 Å². The predicted octanol–water partition coefficient (Wildman–Crippen LogP) is 2.76. The van der Waals surface area contributed by atoms with E-state index in [0.29, 0.717) is 28.3 Å². The van der Waals surface area contributed by atoms with Crippen LogP contribution in [0.25, 0.3) is 22.3 Å². The number of para-hydroxylation sites is 1. The molecule has 0 saturated heterocycles. The zero-order valence-electron chi connectivity index (χ0n) is 15.3. The SMILES string of the molecule is Nc1ncnc2c1c(-c1ccc(Oc3ccccc3)cc1)nn2CCC(=O)NO. The van der Waals surface area contributed by atoms with Crippen LogP contribution in [0.15, 0.2) is 60.9 Å². The van der Waals surface area contributed by atoms with Crippen molar-refractivity contribution in [2.24, 2.45) is 0 Å². The number of amides is 1. The van der Waals surface area contributed by atoms with Gasteiger partial charge >= 0.3 is 0 Å². The summed E-state index contributed by atoms with van der Waals surface area (Å²) in [5.41, 5.74) is 9.61. The van der Waals surface area contributed by atoms with E-state index in [9.17, 15) is 4.79 Å². The minimum atomic E-state index is -0.514. The highest BCUT2D eigenvalue weighted by atomic mass is 16.5. The van der Waals surface area contributed by atoms with E-state index >= 15 is 0 Å². The molecule has 0 bridgehead atoms. The summed E-state index contributed by atoms with van der Waals surface area (Å²) in [4.78, 5) is 19.7. The van der Waals surface area contributed by atoms with Gasteiger partial charge in [0.15, 0.2) is 5.65 Å². The molecule has 146 valence electrons. The minimum absolute atomic E-state index is 0.0421. The summed E-state index contributed by atoms with van der Waals surface area (Å²) in [6.45, 7) is 0.231. The molecule has 29 heavy (non-hydrogen) atoms. The van der Waals surface area contributed by atoms with Crippen LogP contribution in [0.1, 0.15) is 6.42 Å². The first-order chi connectivity index (χ1) is 14.2. The van der Waals surface area contributed by atoms with Crippen molar-refractivity contribution in [2.45, 2.75) is 13.0 Å². The van der Waals surface area contributed by atoms with Gasteiger partial charge in [0.25, 0.3) is 0 Å². The number of hydroxylamine groups is 1. The van der Waals surface area contributed by atoms with Crippen LogP contribution in [0.5, 0.6) is 11.5 Å². The third kappa shape index (κ3) is 3.85. The van der Waals surface area contributed by atoms with Crippen LogP contribution < -0.4 is 16.0 Å². The summed E-state index contributed by atoms with van der Waals surface area (Å²) < 4.78 is 7.40. The molecule has 0 spiro atoms. The second-order valence-corrected chi connectivity index (χ2v) is 6.25. The topological polar surface area (TPSA) is 128 Å². The second-order valence-electron chi connectivity index (χ2n) is 6.25. The molecule has 9 nitrogen and oxygen atoms in total. The smallest absolute Gasteiger partial charge is 0.245 e. The average Bonchev–Trinajstić information content (AvgIpc) is 3.13. The Bertz CT molecular complexity index is 1140. The fourth-order valence-electron chi connectivity index (χ4n) is 2.96. The van der Waals surface area contributed by atoms with Crippen LogP contribution in [0.2, 0.25) is 0 Å². The Hall–Kier alpha value is -3.98.